The van der Waals surface area contributed by atoms with Gasteiger partial charge >= 0.3 is 0 Å². The molecule has 3 nitrogen and oxygen atoms in total. The van der Waals surface area contributed by atoms with Crippen LogP contribution in [0.1, 0.15) is 5.56 Å². The van der Waals surface area contributed by atoms with E-state index in [1.807, 2.05) is 24.3 Å². The Labute approximate surface area is 70.8 Å². The van der Waals surface area contributed by atoms with Crippen LogP contribution >= 0.6 is 0 Å². The molecule has 3 heteroatoms. The number of fused-ring (bicyclic) bond motifs is 1. The van der Waals surface area contributed by atoms with Crippen LogP contribution in [0, 0.1) is 0 Å². The highest BCUT2D eigenvalue weighted by Gasteiger charge is 2.11. The zero-order chi connectivity index (χ0) is 8.39. The smallest absolute Gasteiger partial charge is 0.119 e. The van der Waals surface area contributed by atoms with Gasteiger partial charge in [0, 0.05) is 0 Å². The Hall–Kier alpha value is -1.64. The average molecular weight is 158 g/mol. The van der Waals surface area contributed by atoms with E-state index in [1.165, 1.54) is 0 Å². The number of hydrogen-bond acceptors (Lipinski definition) is 2. The molecule has 0 amide bonds. The third-order valence-corrected chi connectivity index (χ3v) is 1.76. The van der Waals surface area contributed by atoms with Gasteiger partial charge < -0.3 is 0 Å². The van der Waals surface area contributed by atoms with Crippen LogP contribution in [0.5, 0.6) is 0 Å². The van der Waals surface area contributed by atoms with Crippen LogP contribution in [0.15, 0.2) is 41.2 Å². The van der Waals surface area contributed by atoms with Gasteiger partial charge in [0.2, 0.25) is 0 Å². The highest BCUT2D eigenvalue weighted by Crippen LogP contribution is 2.34. The molecule has 1 aliphatic heterocycles. The van der Waals surface area contributed by atoms with Crippen LogP contribution in [0.4, 0.5) is 11.4 Å². The van der Waals surface area contributed by atoms with E-state index in [0.717, 1.165) is 23.4 Å². The van der Waals surface area contributed by atoms with Crippen molar-refractivity contribution in [3.63, 3.8) is 0 Å². The summed E-state index contributed by atoms with van der Waals surface area (Å²) in [5.41, 5.74) is 6.74. The maximum Gasteiger partial charge on any atom is 0.119 e. The molecule has 0 unspecified atom stereocenters. The van der Waals surface area contributed by atoms with Crippen LogP contribution in [0.2, 0.25) is 0 Å². The van der Waals surface area contributed by atoms with Crippen LogP contribution < -0.4 is 5.43 Å². The van der Waals surface area contributed by atoms with Crippen molar-refractivity contribution < 1.29 is 0 Å². The monoisotopic (exact) mass is 158 g/mol. The fourth-order valence-electron chi connectivity index (χ4n) is 1.21. The van der Waals surface area contributed by atoms with Crippen LogP contribution in [-0.4, -0.2) is 0 Å². The van der Waals surface area contributed by atoms with E-state index < -0.39 is 0 Å². The highest BCUT2D eigenvalue weighted by molar-refractivity contribution is 5.66. The summed E-state index contributed by atoms with van der Waals surface area (Å²) < 4.78 is 0. The zero-order valence-corrected chi connectivity index (χ0v) is 6.57. The minimum atomic E-state index is 0.817. The van der Waals surface area contributed by atoms with Gasteiger partial charge in [-0.2, -0.15) is 0 Å². The maximum absolute atomic E-state index is 3.93. The Morgan fingerprint density at radius 3 is 3.17 bits per heavy atom. The van der Waals surface area contributed by atoms with Gasteiger partial charge in [-0.25, -0.2) is 0 Å². The van der Waals surface area contributed by atoms with Crippen molar-refractivity contribution in [1.82, 2.24) is 5.43 Å². The number of rotatable bonds is 2. The molecule has 0 fully saturated rings. The van der Waals surface area contributed by atoms with E-state index in [1.54, 1.807) is 0 Å². The quantitative estimate of drug-likeness (QED) is 0.593. The van der Waals surface area contributed by atoms with Gasteiger partial charge in [0.05, 0.1) is 0 Å². The minimum absolute atomic E-state index is 0.817. The Balaban J connectivity index is 2.48. The predicted molar refractivity (Wildman–Crippen MR) is 46.7 cm³/mol. The van der Waals surface area contributed by atoms with Crippen LogP contribution in [-0.2, 0) is 6.42 Å². The summed E-state index contributed by atoms with van der Waals surface area (Å²) in [6.45, 7) is 3.68. The number of benzene rings is 1. The summed E-state index contributed by atoms with van der Waals surface area (Å²) in [6, 6.07) is 5.87. The second kappa shape index (κ2) is 2.77. The van der Waals surface area contributed by atoms with E-state index in [9.17, 15) is 0 Å². The number of hydrogen-bond donors (Lipinski definition) is 0. The maximum atomic E-state index is 3.93. The Kier molecular flexibility index (Phi) is 1.63. The van der Waals surface area contributed by atoms with Gasteiger partial charge in [-0.15, -0.1) is 17.1 Å². The molecule has 59 valence electrons. The predicted octanol–water partition coefficient (Wildman–Crippen LogP) is 2.66. The van der Waals surface area contributed by atoms with Gasteiger partial charge in [0.1, 0.15) is 11.4 Å². The van der Waals surface area contributed by atoms with Crippen molar-refractivity contribution in [2.45, 2.75) is 6.42 Å². The van der Waals surface area contributed by atoms with E-state index in [0.29, 0.717) is 0 Å². The molecule has 0 aromatic heterocycles. The fourth-order valence-corrected chi connectivity index (χ4v) is 1.21. The molecule has 2 rings (SSSR count). The van der Waals surface area contributed by atoms with Gasteiger partial charge in [-0.3, -0.25) is 0 Å². The number of nitrogens with zero attached hydrogens (tertiary/aromatic N) is 3. The molecule has 0 saturated heterocycles. The van der Waals surface area contributed by atoms with Crippen molar-refractivity contribution in [3.8, 4) is 0 Å². The SMILES string of the molecule is C=CCc1cccc2c1N=N[N]2. The summed E-state index contributed by atoms with van der Waals surface area (Å²) >= 11 is 0. The molecule has 1 aromatic rings. The van der Waals surface area contributed by atoms with Crippen molar-refractivity contribution in [3.05, 3.63) is 36.4 Å². The lowest BCUT2D eigenvalue weighted by Gasteiger charge is -1.99. The van der Waals surface area contributed by atoms with Crippen molar-refractivity contribution >= 4 is 11.4 Å². The number of allylic oxidation sites excluding steroid dienone is 1. The first-order valence-electron chi connectivity index (χ1n) is 3.76. The van der Waals surface area contributed by atoms with Gasteiger partial charge in [0.25, 0.3) is 0 Å². The van der Waals surface area contributed by atoms with Gasteiger partial charge in [-0.1, -0.05) is 18.2 Å². The molecule has 0 spiro atoms. The summed E-state index contributed by atoms with van der Waals surface area (Å²) in [4.78, 5) is 0. The Morgan fingerprint density at radius 2 is 2.33 bits per heavy atom. The Bertz CT molecular complexity index is 342. The molecule has 1 aromatic carbocycles. The second-order valence-electron chi connectivity index (χ2n) is 2.57. The molecular formula is C9H8N3. The van der Waals surface area contributed by atoms with Crippen molar-refractivity contribution in [2.24, 2.45) is 10.3 Å². The van der Waals surface area contributed by atoms with E-state index in [-0.39, 0.29) is 0 Å². The molecule has 12 heavy (non-hydrogen) atoms. The second-order valence-corrected chi connectivity index (χ2v) is 2.57. The standard InChI is InChI=1S/C9H8N3/c1-2-4-7-5-3-6-8-9(7)11-12-10-8/h2-3,5-6H,1,4H2. The Morgan fingerprint density at radius 1 is 1.42 bits per heavy atom. The third-order valence-electron chi connectivity index (χ3n) is 1.76. The highest BCUT2D eigenvalue weighted by atomic mass is 15.5. The van der Waals surface area contributed by atoms with Crippen LogP contribution in [0.3, 0.4) is 0 Å². The fraction of sp³-hybridized carbons (Fsp3) is 0.111. The summed E-state index contributed by atoms with van der Waals surface area (Å²) in [6.07, 6.45) is 2.67. The van der Waals surface area contributed by atoms with Gasteiger partial charge in [-0.05, 0) is 23.3 Å². The van der Waals surface area contributed by atoms with E-state index in [2.05, 4.69) is 22.3 Å². The largest absolute Gasteiger partial charge is 0.128 e. The molecule has 1 radical (unpaired) electrons. The normalized spacial score (nSPS) is 12.3. The first kappa shape index (κ1) is 7.03. The first-order valence-corrected chi connectivity index (χ1v) is 3.76. The third kappa shape index (κ3) is 0.993. The lowest BCUT2D eigenvalue weighted by molar-refractivity contribution is 0.923. The van der Waals surface area contributed by atoms with E-state index >= 15 is 0 Å². The van der Waals surface area contributed by atoms with Crippen molar-refractivity contribution in [1.29, 1.82) is 0 Å². The summed E-state index contributed by atoms with van der Waals surface area (Å²) in [5, 5.41) is 7.54. The summed E-state index contributed by atoms with van der Waals surface area (Å²) in [7, 11) is 0. The van der Waals surface area contributed by atoms with Crippen molar-refractivity contribution in [2.75, 3.05) is 0 Å². The summed E-state index contributed by atoms with van der Waals surface area (Å²) in [5.74, 6) is 0. The molecule has 0 atom stereocenters. The molecule has 0 N–H and O–H groups in total. The molecule has 0 saturated carbocycles. The average Bonchev–Trinajstić information content (AvgIpc) is 2.53. The molecule has 0 bridgehead atoms. The molecule has 1 aliphatic rings. The lowest BCUT2D eigenvalue weighted by atomic mass is 10.1. The van der Waals surface area contributed by atoms with Gasteiger partial charge in [0.15, 0.2) is 0 Å². The van der Waals surface area contributed by atoms with Crippen LogP contribution in [0.25, 0.3) is 0 Å². The lowest BCUT2D eigenvalue weighted by Crippen LogP contribution is -1.83. The minimum Gasteiger partial charge on any atom is -0.128 e. The molecule has 0 aliphatic carbocycles. The molecule has 1 heterocycles. The van der Waals surface area contributed by atoms with E-state index in [4.69, 9.17) is 0 Å². The zero-order valence-electron chi connectivity index (χ0n) is 6.57. The molecular weight excluding hydrogens is 150 g/mol. The first-order chi connectivity index (χ1) is 5.92. The topological polar surface area (TPSA) is 38.8 Å².